The van der Waals surface area contributed by atoms with Crippen LogP contribution in [0.4, 0.5) is 0 Å². The van der Waals surface area contributed by atoms with Crippen molar-refractivity contribution in [2.45, 2.75) is 12.0 Å². The molecule has 0 aliphatic carbocycles. The summed E-state index contributed by atoms with van der Waals surface area (Å²) in [4.78, 5) is 0. The standard InChI is InChI=1S/C13H13BrClNO2/c14-9-3-1-8(2-4-9)11(7-16)12(17)10-5-6-18-13(10)15/h1-6,11-12,17H,7,16H2. The maximum atomic E-state index is 10.3. The molecule has 0 aliphatic rings. The summed E-state index contributed by atoms with van der Waals surface area (Å²) in [6.45, 7) is 0.324. The second-order valence-electron chi connectivity index (χ2n) is 3.99. The highest BCUT2D eigenvalue weighted by molar-refractivity contribution is 9.10. The third kappa shape index (κ3) is 2.78. The fourth-order valence-corrected chi connectivity index (χ4v) is 2.38. The van der Waals surface area contributed by atoms with Crippen molar-refractivity contribution in [3.05, 3.63) is 57.4 Å². The predicted octanol–water partition coefficient (Wildman–Crippen LogP) is 3.47. The van der Waals surface area contributed by atoms with E-state index in [1.807, 2.05) is 24.3 Å². The summed E-state index contributed by atoms with van der Waals surface area (Å²) >= 11 is 9.25. The van der Waals surface area contributed by atoms with Gasteiger partial charge in [-0.3, -0.25) is 0 Å². The number of halogens is 2. The Hall–Kier alpha value is -0.810. The fourth-order valence-electron chi connectivity index (χ4n) is 1.89. The number of benzene rings is 1. The van der Waals surface area contributed by atoms with E-state index >= 15 is 0 Å². The molecule has 96 valence electrons. The van der Waals surface area contributed by atoms with Gasteiger partial charge in [-0.1, -0.05) is 28.1 Å². The molecule has 0 radical (unpaired) electrons. The monoisotopic (exact) mass is 329 g/mol. The number of rotatable bonds is 4. The lowest BCUT2D eigenvalue weighted by atomic mass is 9.90. The van der Waals surface area contributed by atoms with Gasteiger partial charge in [0.1, 0.15) is 0 Å². The lowest BCUT2D eigenvalue weighted by Crippen LogP contribution is -2.20. The first kappa shape index (κ1) is 13.6. The Balaban J connectivity index is 2.28. The van der Waals surface area contributed by atoms with Gasteiger partial charge in [0.15, 0.2) is 5.22 Å². The molecule has 2 rings (SSSR count). The average molecular weight is 331 g/mol. The predicted molar refractivity (Wildman–Crippen MR) is 74.6 cm³/mol. The van der Waals surface area contributed by atoms with Crippen molar-refractivity contribution in [2.24, 2.45) is 5.73 Å². The number of furan rings is 1. The maximum absolute atomic E-state index is 10.3. The number of hydrogen-bond acceptors (Lipinski definition) is 3. The van der Waals surface area contributed by atoms with Crippen molar-refractivity contribution in [2.75, 3.05) is 6.54 Å². The molecule has 2 unspecified atom stereocenters. The third-order valence-corrected chi connectivity index (χ3v) is 3.73. The molecule has 5 heteroatoms. The molecule has 1 aromatic heterocycles. The fraction of sp³-hybridized carbons (Fsp3) is 0.231. The zero-order valence-corrected chi connectivity index (χ0v) is 11.9. The highest BCUT2D eigenvalue weighted by Crippen LogP contribution is 2.34. The zero-order valence-electron chi connectivity index (χ0n) is 9.51. The first-order chi connectivity index (χ1) is 8.63. The molecular weight excluding hydrogens is 318 g/mol. The number of aliphatic hydroxyl groups is 1. The average Bonchev–Trinajstić information content (AvgIpc) is 2.78. The minimum atomic E-state index is -0.776. The van der Waals surface area contributed by atoms with Crippen LogP contribution >= 0.6 is 27.5 Å². The van der Waals surface area contributed by atoms with Crippen LogP contribution in [0.2, 0.25) is 5.22 Å². The van der Waals surface area contributed by atoms with E-state index in [0.717, 1.165) is 10.0 Å². The Morgan fingerprint density at radius 2 is 1.94 bits per heavy atom. The molecule has 2 atom stereocenters. The second kappa shape index (κ2) is 5.89. The van der Waals surface area contributed by atoms with E-state index in [1.165, 1.54) is 6.26 Å². The van der Waals surface area contributed by atoms with Crippen LogP contribution in [0.25, 0.3) is 0 Å². The lowest BCUT2D eigenvalue weighted by Gasteiger charge is -2.21. The molecule has 1 heterocycles. The zero-order chi connectivity index (χ0) is 13.1. The van der Waals surface area contributed by atoms with Gasteiger partial charge in [-0.15, -0.1) is 0 Å². The summed E-state index contributed by atoms with van der Waals surface area (Å²) in [5.41, 5.74) is 7.28. The SMILES string of the molecule is NCC(c1ccc(Br)cc1)C(O)c1ccoc1Cl. The Kier molecular flexibility index (Phi) is 4.45. The van der Waals surface area contributed by atoms with E-state index in [0.29, 0.717) is 12.1 Å². The van der Waals surface area contributed by atoms with Gasteiger partial charge in [0.2, 0.25) is 0 Å². The molecule has 0 saturated heterocycles. The summed E-state index contributed by atoms with van der Waals surface area (Å²) in [6, 6.07) is 9.36. The maximum Gasteiger partial charge on any atom is 0.198 e. The number of nitrogens with two attached hydrogens (primary N) is 1. The molecule has 2 aromatic rings. The largest absolute Gasteiger partial charge is 0.453 e. The molecular formula is C13H13BrClNO2. The molecule has 3 N–H and O–H groups in total. The molecule has 0 amide bonds. The molecule has 3 nitrogen and oxygen atoms in total. The van der Waals surface area contributed by atoms with Gasteiger partial charge in [0, 0.05) is 22.5 Å². The third-order valence-electron chi connectivity index (χ3n) is 2.90. The van der Waals surface area contributed by atoms with Crippen molar-refractivity contribution >= 4 is 27.5 Å². The van der Waals surface area contributed by atoms with Gasteiger partial charge in [0.25, 0.3) is 0 Å². The van der Waals surface area contributed by atoms with Crippen LogP contribution in [0.1, 0.15) is 23.1 Å². The summed E-state index contributed by atoms with van der Waals surface area (Å²) in [6.07, 6.45) is 0.679. The highest BCUT2D eigenvalue weighted by atomic mass is 79.9. The molecule has 0 bridgehead atoms. The van der Waals surface area contributed by atoms with E-state index in [4.69, 9.17) is 21.8 Å². The molecule has 0 aliphatic heterocycles. The van der Waals surface area contributed by atoms with E-state index in [-0.39, 0.29) is 11.1 Å². The first-order valence-corrected chi connectivity index (χ1v) is 6.67. The van der Waals surface area contributed by atoms with E-state index in [9.17, 15) is 5.11 Å². The van der Waals surface area contributed by atoms with Crippen molar-refractivity contribution in [1.82, 2.24) is 0 Å². The minimum absolute atomic E-state index is 0.207. The number of hydrogen-bond donors (Lipinski definition) is 2. The Labute approximate surface area is 119 Å². The number of aliphatic hydroxyl groups excluding tert-OH is 1. The summed E-state index contributed by atoms with van der Waals surface area (Å²) in [5, 5.41) is 10.5. The molecule has 0 spiro atoms. The van der Waals surface area contributed by atoms with Crippen LogP contribution < -0.4 is 5.73 Å². The molecule has 0 saturated carbocycles. The Bertz CT molecular complexity index is 512. The Morgan fingerprint density at radius 1 is 1.28 bits per heavy atom. The smallest absolute Gasteiger partial charge is 0.198 e. The second-order valence-corrected chi connectivity index (χ2v) is 5.25. The minimum Gasteiger partial charge on any atom is -0.453 e. The van der Waals surface area contributed by atoms with Crippen molar-refractivity contribution in [3.8, 4) is 0 Å². The summed E-state index contributed by atoms with van der Waals surface area (Å²) in [7, 11) is 0. The van der Waals surface area contributed by atoms with Crippen LogP contribution in [0.5, 0.6) is 0 Å². The van der Waals surface area contributed by atoms with Crippen LogP contribution in [0.15, 0.2) is 45.5 Å². The molecule has 0 fully saturated rings. The molecule has 18 heavy (non-hydrogen) atoms. The topological polar surface area (TPSA) is 59.4 Å². The van der Waals surface area contributed by atoms with Gasteiger partial charge < -0.3 is 15.3 Å². The first-order valence-electron chi connectivity index (χ1n) is 5.50. The van der Waals surface area contributed by atoms with Gasteiger partial charge in [-0.05, 0) is 35.4 Å². The molecule has 1 aromatic carbocycles. The van der Waals surface area contributed by atoms with Crippen LogP contribution in [-0.2, 0) is 0 Å². The van der Waals surface area contributed by atoms with Gasteiger partial charge >= 0.3 is 0 Å². The van der Waals surface area contributed by atoms with E-state index in [1.54, 1.807) is 6.07 Å². The Morgan fingerprint density at radius 3 is 2.44 bits per heavy atom. The summed E-state index contributed by atoms with van der Waals surface area (Å²) < 4.78 is 5.98. The normalized spacial score (nSPS) is 14.4. The van der Waals surface area contributed by atoms with E-state index in [2.05, 4.69) is 15.9 Å². The van der Waals surface area contributed by atoms with Crippen molar-refractivity contribution in [3.63, 3.8) is 0 Å². The summed E-state index contributed by atoms with van der Waals surface area (Å²) in [5.74, 6) is -0.215. The van der Waals surface area contributed by atoms with Crippen molar-refractivity contribution < 1.29 is 9.52 Å². The highest BCUT2D eigenvalue weighted by Gasteiger charge is 2.24. The van der Waals surface area contributed by atoms with Crippen LogP contribution in [-0.4, -0.2) is 11.7 Å². The van der Waals surface area contributed by atoms with Gasteiger partial charge in [0.05, 0.1) is 12.4 Å². The lowest BCUT2D eigenvalue weighted by molar-refractivity contribution is 0.147. The van der Waals surface area contributed by atoms with Gasteiger partial charge in [-0.25, -0.2) is 0 Å². The van der Waals surface area contributed by atoms with Gasteiger partial charge in [-0.2, -0.15) is 0 Å². The van der Waals surface area contributed by atoms with Crippen LogP contribution in [0, 0.1) is 0 Å². The quantitative estimate of drug-likeness (QED) is 0.902. The van der Waals surface area contributed by atoms with Crippen molar-refractivity contribution in [1.29, 1.82) is 0 Å². The van der Waals surface area contributed by atoms with Crippen LogP contribution in [0.3, 0.4) is 0 Å². The van der Waals surface area contributed by atoms with E-state index < -0.39 is 6.10 Å².